The Kier molecular flexibility index (Phi) is 10.8. The van der Waals surface area contributed by atoms with Crippen molar-refractivity contribution in [3.63, 3.8) is 0 Å². The number of carbonyl (C=O) groups excluding carboxylic acids is 3. The first-order valence-electron chi connectivity index (χ1n) is 14.9. The number of rotatable bonds is 10. The van der Waals surface area contributed by atoms with E-state index in [1.54, 1.807) is 25.7 Å². The molecule has 2 unspecified atom stereocenters. The van der Waals surface area contributed by atoms with Crippen molar-refractivity contribution in [3.8, 4) is 0 Å². The van der Waals surface area contributed by atoms with Gasteiger partial charge in [-0.3, -0.25) is 9.59 Å². The fourth-order valence-electron chi connectivity index (χ4n) is 5.11. The summed E-state index contributed by atoms with van der Waals surface area (Å²) in [5, 5.41) is 5.99. The van der Waals surface area contributed by atoms with E-state index in [1.807, 2.05) is 114 Å². The molecule has 3 rings (SSSR count). The molecule has 0 saturated carbocycles. The molecule has 2 atom stereocenters. The van der Waals surface area contributed by atoms with Crippen LogP contribution in [0.15, 0.2) is 72.8 Å². The number of nitrogens with one attached hydrogen (secondary N) is 2. The molecule has 2 N–H and O–H groups in total. The quantitative estimate of drug-likeness (QED) is 0.259. The highest BCUT2D eigenvalue weighted by atomic mass is 16.6. The van der Waals surface area contributed by atoms with Gasteiger partial charge in [0.15, 0.2) is 0 Å². The minimum Gasteiger partial charge on any atom is -0.444 e. The van der Waals surface area contributed by atoms with Crippen LogP contribution in [0.1, 0.15) is 81.8 Å². The summed E-state index contributed by atoms with van der Waals surface area (Å²) in [4.78, 5) is 44.0. The monoisotopic (exact) mass is 585 g/mol. The molecule has 0 radical (unpaired) electrons. The number of anilines is 1. The largest absolute Gasteiger partial charge is 0.444 e. The van der Waals surface area contributed by atoms with E-state index < -0.39 is 29.3 Å². The Morgan fingerprint density at radius 3 is 1.91 bits per heavy atom. The zero-order valence-corrected chi connectivity index (χ0v) is 27.1. The molecule has 0 spiro atoms. The van der Waals surface area contributed by atoms with Crippen LogP contribution in [0.3, 0.4) is 0 Å². The van der Waals surface area contributed by atoms with Gasteiger partial charge in [0.25, 0.3) is 5.91 Å². The van der Waals surface area contributed by atoms with Crippen LogP contribution in [0.25, 0.3) is 0 Å². The second-order valence-electron chi connectivity index (χ2n) is 12.8. The molecule has 0 bridgehead atoms. The molecule has 3 aromatic rings. The van der Waals surface area contributed by atoms with Crippen LogP contribution in [0, 0.1) is 20.8 Å². The molecule has 0 heterocycles. The van der Waals surface area contributed by atoms with Crippen molar-refractivity contribution in [2.75, 3.05) is 5.32 Å². The van der Waals surface area contributed by atoms with Crippen molar-refractivity contribution in [2.24, 2.45) is 0 Å². The average molecular weight is 586 g/mol. The molecule has 0 aliphatic rings. The van der Waals surface area contributed by atoms with Gasteiger partial charge in [-0.2, -0.15) is 0 Å². The molecule has 7 nitrogen and oxygen atoms in total. The van der Waals surface area contributed by atoms with Gasteiger partial charge >= 0.3 is 6.09 Å². The lowest BCUT2D eigenvalue weighted by atomic mass is 9.89. The zero-order valence-electron chi connectivity index (χ0n) is 27.1. The Balaban J connectivity index is 2.18. The molecule has 230 valence electrons. The number of carbonyl (C=O) groups is 3. The van der Waals surface area contributed by atoms with E-state index in [-0.39, 0.29) is 18.2 Å². The van der Waals surface area contributed by atoms with Gasteiger partial charge in [-0.15, -0.1) is 0 Å². The van der Waals surface area contributed by atoms with Crippen LogP contribution in [-0.2, 0) is 20.7 Å². The molecule has 7 heteroatoms. The Hall–Kier alpha value is -4.13. The summed E-state index contributed by atoms with van der Waals surface area (Å²) in [6.07, 6.45) is 0.111. The van der Waals surface area contributed by atoms with Gasteiger partial charge in [0.1, 0.15) is 17.7 Å². The van der Waals surface area contributed by atoms with Gasteiger partial charge in [0.2, 0.25) is 5.91 Å². The second-order valence-corrected chi connectivity index (χ2v) is 12.8. The number of hydrogen-bond donors (Lipinski definition) is 2. The van der Waals surface area contributed by atoms with E-state index in [2.05, 4.69) is 10.6 Å². The van der Waals surface area contributed by atoms with Gasteiger partial charge in [-0.05, 0) is 89.6 Å². The van der Waals surface area contributed by atoms with Crippen LogP contribution in [0.4, 0.5) is 10.5 Å². The third-order valence-electron chi connectivity index (χ3n) is 7.75. The Bertz CT molecular complexity index is 1410. The molecule has 43 heavy (non-hydrogen) atoms. The molecule has 0 aliphatic heterocycles. The number of para-hydroxylation sites is 1. The predicted octanol–water partition coefficient (Wildman–Crippen LogP) is 7.44. The van der Waals surface area contributed by atoms with E-state index in [4.69, 9.17) is 4.74 Å². The Morgan fingerprint density at radius 1 is 0.791 bits per heavy atom. The molecule has 3 amide bonds. The normalized spacial score (nSPS) is 13.0. The zero-order chi connectivity index (χ0) is 31.9. The number of ether oxygens (including phenoxy) is 1. The first-order valence-corrected chi connectivity index (χ1v) is 14.9. The minimum absolute atomic E-state index is 0.230. The number of aryl methyl sites for hydroxylation is 3. The fraction of sp³-hybridized carbons (Fsp3) is 0.417. The SMILES string of the molecule is CCC(C)(C)N(C(=O)C(Cc1ccccc1)NC(=O)OC(C)(C)C)C(C(=O)Nc1c(C)cccc1C)c1ccccc1C. The summed E-state index contributed by atoms with van der Waals surface area (Å²) in [7, 11) is 0. The molecule has 0 saturated heterocycles. The lowest BCUT2D eigenvalue weighted by molar-refractivity contribution is -0.147. The maximum Gasteiger partial charge on any atom is 0.408 e. The standard InChI is InChI=1S/C36H47N3O4/c1-10-36(8,9)39(33(41)29(23-27-20-12-11-13-21-27)37-34(42)43-35(5,6)7)31(28-22-15-14-17-24(28)2)32(40)38-30-25(3)18-16-19-26(30)4/h11-22,29,31H,10,23H2,1-9H3,(H,37,42)(H,38,40). The van der Waals surface area contributed by atoms with Crippen LogP contribution in [-0.4, -0.2) is 40.0 Å². The molecular formula is C36H47N3O4. The maximum atomic E-state index is 14.8. The molecule has 0 aliphatic carbocycles. The van der Waals surface area contributed by atoms with E-state index in [0.717, 1.165) is 33.5 Å². The maximum absolute atomic E-state index is 14.8. The van der Waals surface area contributed by atoms with Crippen molar-refractivity contribution in [2.45, 2.75) is 98.4 Å². The van der Waals surface area contributed by atoms with Crippen LogP contribution in [0.5, 0.6) is 0 Å². The van der Waals surface area contributed by atoms with E-state index in [9.17, 15) is 14.4 Å². The Labute approximate surface area is 257 Å². The first-order chi connectivity index (χ1) is 20.1. The summed E-state index contributed by atoms with van der Waals surface area (Å²) in [5.74, 6) is -0.691. The predicted molar refractivity (Wildman–Crippen MR) is 173 cm³/mol. The highest BCUT2D eigenvalue weighted by Crippen LogP contribution is 2.35. The smallest absolute Gasteiger partial charge is 0.408 e. The van der Waals surface area contributed by atoms with Gasteiger partial charge < -0.3 is 20.3 Å². The van der Waals surface area contributed by atoms with Crippen molar-refractivity contribution >= 4 is 23.6 Å². The lowest BCUT2D eigenvalue weighted by Crippen LogP contribution is -2.59. The molecule has 3 aromatic carbocycles. The summed E-state index contributed by atoms with van der Waals surface area (Å²) >= 11 is 0. The second kappa shape index (κ2) is 13.9. The third kappa shape index (κ3) is 8.69. The number of nitrogens with zero attached hydrogens (tertiary/aromatic N) is 1. The van der Waals surface area contributed by atoms with Gasteiger partial charge in [-0.25, -0.2) is 4.79 Å². The fourth-order valence-corrected chi connectivity index (χ4v) is 5.11. The summed E-state index contributed by atoms with van der Waals surface area (Å²) in [6, 6.07) is 21.0. The van der Waals surface area contributed by atoms with Gasteiger partial charge in [-0.1, -0.05) is 79.7 Å². The summed E-state index contributed by atoms with van der Waals surface area (Å²) in [6.45, 7) is 17.1. The highest BCUT2D eigenvalue weighted by Gasteiger charge is 2.43. The van der Waals surface area contributed by atoms with Crippen LogP contribution >= 0.6 is 0 Å². The van der Waals surface area contributed by atoms with Gasteiger partial charge in [0.05, 0.1) is 0 Å². The van der Waals surface area contributed by atoms with E-state index in [1.165, 1.54) is 0 Å². The molecule has 0 aromatic heterocycles. The van der Waals surface area contributed by atoms with Crippen LogP contribution < -0.4 is 10.6 Å². The van der Waals surface area contributed by atoms with Crippen LogP contribution in [0.2, 0.25) is 0 Å². The summed E-state index contributed by atoms with van der Waals surface area (Å²) in [5.41, 5.74) is 3.55. The summed E-state index contributed by atoms with van der Waals surface area (Å²) < 4.78 is 5.56. The van der Waals surface area contributed by atoms with E-state index in [0.29, 0.717) is 6.42 Å². The lowest BCUT2D eigenvalue weighted by Gasteiger charge is -2.45. The van der Waals surface area contributed by atoms with Crippen molar-refractivity contribution in [3.05, 3.63) is 101 Å². The third-order valence-corrected chi connectivity index (χ3v) is 7.75. The highest BCUT2D eigenvalue weighted by molar-refractivity contribution is 6.00. The average Bonchev–Trinajstić information content (AvgIpc) is 2.93. The van der Waals surface area contributed by atoms with E-state index >= 15 is 0 Å². The van der Waals surface area contributed by atoms with Crippen molar-refractivity contribution in [1.29, 1.82) is 0 Å². The van der Waals surface area contributed by atoms with Crippen molar-refractivity contribution < 1.29 is 19.1 Å². The minimum atomic E-state index is -0.984. The van der Waals surface area contributed by atoms with Crippen molar-refractivity contribution in [1.82, 2.24) is 10.2 Å². The molecule has 0 fully saturated rings. The number of alkyl carbamates (subject to hydrolysis) is 1. The van der Waals surface area contributed by atoms with Gasteiger partial charge in [0, 0.05) is 17.6 Å². The topological polar surface area (TPSA) is 87.7 Å². The molecular weight excluding hydrogens is 538 g/mol. The number of amides is 3. The first kappa shape index (κ1) is 33.4. The number of hydrogen-bond acceptors (Lipinski definition) is 4. The Morgan fingerprint density at radius 2 is 1.35 bits per heavy atom. The number of benzene rings is 3.